The van der Waals surface area contributed by atoms with Gasteiger partial charge in [-0.2, -0.15) is 0 Å². The van der Waals surface area contributed by atoms with Crippen LogP contribution in [0.2, 0.25) is 0 Å². The van der Waals surface area contributed by atoms with Gasteiger partial charge in [0.05, 0.1) is 6.26 Å². The first-order valence-electron chi connectivity index (χ1n) is 2.83. The molecule has 0 fully saturated rings. The molecule has 0 atom stereocenters. The maximum atomic E-state index is 5.11. The van der Waals surface area contributed by atoms with Crippen LogP contribution in [0.5, 0.6) is 0 Å². The lowest BCUT2D eigenvalue weighted by Crippen LogP contribution is -1.83. The van der Waals surface area contributed by atoms with E-state index in [0.717, 1.165) is 5.57 Å². The van der Waals surface area contributed by atoms with E-state index in [-0.39, 0.29) is 0 Å². The first kappa shape index (κ1) is 8.58. The first-order valence-corrected chi connectivity index (χ1v) is 2.83. The summed E-state index contributed by atoms with van der Waals surface area (Å²) in [7, 11) is 0. The predicted octanol–water partition coefficient (Wildman–Crippen LogP) is 2.24. The molecule has 0 aliphatic heterocycles. The molecule has 0 rings (SSSR count). The Morgan fingerprint density at radius 1 is 1.60 bits per heavy atom. The van der Waals surface area contributed by atoms with E-state index in [1.165, 1.54) is 6.26 Å². The Bertz CT molecular complexity index is 203. The molecule has 0 aromatic rings. The third kappa shape index (κ3) is 2.23. The van der Waals surface area contributed by atoms with E-state index < -0.39 is 0 Å². The van der Waals surface area contributed by atoms with Crippen LogP contribution >= 0.6 is 0 Å². The van der Waals surface area contributed by atoms with E-state index in [9.17, 15) is 0 Å². The van der Waals surface area contributed by atoms with Gasteiger partial charge in [0, 0.05) is 5.57 Å². The smallest absolute Gasteiger partial charge is 0.137 e. The zero-order chi connectivity index (χ0) is 7.98. The second-order valence-corrected chi connectivity index (χ2v) is 1.62. The number of ether oxygens (including phenoxy) is 1. The minimum atomic E-state index is 0.581. The number of rotatable bonds is 3. The Kier molecular flexibility index (Phi) is 3.83. The minimum Gasteiger partial charge on any atom is -0.465 e. The molecule has 0 saturated heterocycles. The van der Waals surface area contributed by atoms with Crippen molar-refractivity contribution in [3.63, 3.8) is 0 Å². The molecule has 0 aromatic heterocycles. The summed E-state index contributed by atoms with van der Waals surface area (Å²) < 4.78 is 4.93. The van der Waals surface area contributed by atoms with Crippen molar-refractivity contribution >= 4 is 0 Å². The van der Waals surface area contributed by atoms with Gasteiger partial charge in [0.25, 0.3) is 0 Å². The highest BCUT2D eigenvalue weighted by Gasteiger charge is 1.92. The Labute approximate surface area is 61.7 Å². The second kappa shape index (κ2) is 4.46. The molecule has 0 N–H and O–H groups in total. The van der Waals surface area contributed by atoms with Crippen molar-refractivity contribution < 1.29 is 4.74 Å². The van der Waals surface area contributed by atoms with Gasteiger partial charge in [-0.05, 0) is 13.0 Å². The topological polar surface area (TPSA) is 9.23 Å². The van der Waals surface area contributed by atoms with Crippen LogP contribution in [-0.2, 0) is 4.74 Å². The maximum Gasteiger partial charge on any atom is 0.137 e. The molecule has 0 aliphatic rings. The Hall–Kier alpha value is -1.42. The summed E-state index contributed by atoms with van der Waals surface area (Å²) in [6, 6.07) is 0. The molecule has 0 aromatic carbocycles. The summed E-state index contributed by atoms with van der Waals surface area (Å²) in [6.45, 7) is 8.69. The predicted molar refractivity (Wildman–Crippen MR) is 43.0 cm³/mol. The van der Waals surface area contributed by atoms with Crippen LogP contribution in [0.1, 0.15) is 6.92 Å². The quantitative estimate of drug-likeness (QED) is 0.327. The molecule has 0 radical (unpaired) electrons. The van der Waals surface area contributed by atoms with Crippen LogP contribution in [0.3, 0.4) is 0 Å². The third-order valence-electron chi connectivity index (χ3n) is 0.982. The lowest BCUT2D eigenvalue weighted by Gasteiger charge is -1.99. The Morgan fingerprint density at radius 3 is 2.50 bits per heavy atom. The average Bonchev–Trinajstić information content (AvgIpc) is 1.99. The van der Waals surface area contributed by atoms with E-state index in [2.05, 4.69) is 19.1 Å². The van der Waals surface area contributed by atoms with Gasteiger partial charge < -0.3 is 4.74 Å². The van der Waals surface area contributed by atoms with Gasteiger partial charge in [0.1, 0.15) is 5.76 Å². The van der Waals surface area contributed by atoms with Gasteiger partial charge in [-0.25, -0.2) is 0 Å². The molecule has 0 amide bonds. The number of hydrogen-bond acceptors (Lipinski definition) is 1. The van der Waals surface area contributed by atoms with Crippen LogP contribution < -0.4 is 0 Å². The molecule has 52 valence electrons. The molecular weight excluding hydrogens is 124 g/mol. The van der Waals surface area contributed by atoms with Gasteiger partial charge >= 0.3 is 0 Å². The van der Waals surface area contributed by atoms with Gasteiger partial charge in [-0.15, -0.1) is 6.42 Å². The molecule has 0 saturated carbocycles. The highest BCUT2D eigenvalue weighted by Crippen LogP contribution is 2.05. The molecule has 0 heterocycles. The lowest BCUT2D eigenvalue weighted by molar-refractivity contribution is 0.367. The van der Waals surface area contributed by atoms with E-state index in [4.69, 9.17) is 11.2 Å². The van der Waals surface area contributed by atoms with Crippen molar-refractivity contribution in [1.82, 2.24) is 0 Å². The summed E-state index contributed by atoms with van der Waals surface area (Å²) in [5.41, 5.74) is 0.718. The fraction of sp³-hybridized carbons (Fsp3) is 0.111. The highest BCUT2D eigenvalue weighted by molar-refractivity contribution is 5.31. The summed E-state index contributed by atoms with van der Waals surface area (Å²) in [6.07, 6.45) is 7.98. The fourth-order valence-corrected chi connectivity index (χ4v) is 0.451. The molecule has 0 bridgehead atoms. The van der Waals surface area contributed by atoms with Crippen molar-refractivity contribution in [3.8, 4) is 12.3 Å². The zero-order valence-electron chi connectivity index (χ0n) is 6.05. The van der Waals surface area contributed by atoms with E-state index >= 15 is 0 Å². The van der Waals surface area contributed by atoms with E-state index in [1.807, 2.05) is 0 Å². The normalized spacial score (nSPS) is 10.8. The minimum absolute atomic E-state index is 0.581. The van der Waals surface area contributed by atoms with Crippen LogP contribution in [0, 0.1) is 12.3 Å². The van der Waals surface area contributed by atoms with Crippen LogP contribution in [-0.4, -0.2) is 0 Å². The number of terminal acetylenes is 1. The van der Waals surface area contributed by atoms with Crippen LogP contribution in [0.15, 0.2) is 36.8 Å². The SMILES string of the molecule is C#C/C(C)=C(\C=C)OC=C. The Morgan fingerprint density at radius 2 is 2.20 bits per heavy atom. The first-order chi connectivity index (χ1) is 4.76. The van der Waals surface area contributed by atoms with Crippen LogP contribution in [0.25, 0.3) is 0 Å². The summed E-state index contributed by atoms with van der Waals surface area (Å²) in [5.74, 6) is 3.02. The molecule has 0 unspecified atom stereocenters. The van der Waals surface area contributed by atoms with Crippen molar-refractivity contribution in [3.05, 3.63) is 36.8 Å². The third-order valence-corrected chi connectivity index (χ3v) is 0.982. The monoisotopic (exact) mass is 134 g/mol. The molecule has 0 aliphatic carbocycles. The molecule has 1 heteroatoms. The van der Waals surface area contributed by atoms with Crippen molar-refractivity contribution in [2.75, 3.05) is 0 Å². The highest BCUT2D eigenvalue weighted by atomic mass is 16.5. The largest absolute Gasteiger partial charge is 0.465 e. The number of allylic oxidation sites excluding steroid dienone is 2. The summed E-state index contributed by atoms with van der Waals surface area (Å²) >= 11 is 0. The fourth-order valence-electron chi connectivity index (χ4n) is 0.451. The molecular formula is C9H10O. The van der Waals surface area contributed by atoms with Gasteiger partial charge in [0.2, 0.25) is 0 Å². The molecule has 0 spiro atoms. The standard InChI is InChI=1S/C9H10O/c1-5-8(4)9(6-2)10-7-3/h1,6-7H,2-3H2,4H3/b9-8+. The second-order valence-electron chi connectivity index (χ2n) is 1.62. The van der Waals surface area contributed by atoms with Gasteiger partial charge in [0.15, 0.2) is 0 Å². The summed E-state index contributed by atoms with van der Waals surface area (Å²) in [4.78, 5) is 0. The van der Waals surface area contributed by atoms with Crippen molar-refractivity contribution in [2.24, 2.45) is 0 Å². The molecule has 1 nitrogen and oxygen atoms in total. The Balaban J connectivity index is 4.48. The molecule has 10 heavy (non-hydrogen) atoms. The lowest BCUT2D eigenvalue weighted by atomic mass is 10.2. The van der Waals surface area contributed by atoms with E-state index in [0.29, 0.717) is 5.76 Å². The zero-order valence-corrected chi connectivity index (χ0v) is 6.05. The van der Waals surface area contributed by atoms with Gasteiger partial charge in [-0.1, -0.05) is 19.1 Å². The maximum absolute atomic E-state index is 5.11. The van der Waals surface area contributed by atoms with E-state index in [1.54, 1.807) is 13.0 Å². The number of hydrogen-bond donors (Lipinski definition) is 0. The van der Waals surface area contributed by atoms with Crippen LogP contribution in [0.4, 0.5) is 0 Å². The van der Waals surface area contributed by atoms with Crippen molar-refractivity contribution in [2.45, 2.75) is 6.92 Å². The summed E-state index contributed by atoms with van der Waals surface area (Å²) in [5, 5.41) is 0. The average molecular weight is 134 g/mol. The van der Waals surface area contributed by atoms with Crippen molar-refractivity contribution in [1.29, 1.82) is 0 Å². The van der Waals surface area contributed by atoms with Gasteiger partial charge in [-0.3, -0.25) is 0 Å².